The zero-order chi connectivity index (χ0) is 13.2. The summed E-state index contributed by atoms with van der Waals surface area (Å²) in [6, 6.07) is 2.04. The van der Waals surface area contributed by atoms with Gasteiger partial charge in [0.2, 0.25) is 0 Å². The Balaban J connectivity index is 1.52. The number of hydrogen-bond donors (Lipinski definition) is 1. The number of nitrogens with zero attached hydrogens (tertiary/aromatic N) is 3. The summed E-state index contributed by atoms with van der Waals surface area (Å²) in [6.07, 6.45) is 6.84. The lowest BCUT2D eigenvalue weighted by Crippen LogP contribution is -2.48. The number of nitrogens with one attached hydrogen (secondary N) is 1. The number of hydrogen-bond acceptors (Lipinski definition) is 3. The van der Waals surface area contributed by atoms with Gasteiger partial charge in [0, 0.05) is 32.4 Å². The van der Waals surface area contributed by atoms with Crippen LogP contribution in [0.2, 0.25) is 0 Å². The molecular weight excluding hydrogens is 240 g/mol. The van der Waals surface area contributed by atoms with E-state index in [1.54, 1.807) is 16.9 Å². The molecule has 0 aromatic carbocycles. The lowest BCUT2D eigenvalue weighted by molar-refractivity contribution is 0.0896. The summed E-state index contributed by atoms with van der Waals surface area (Å²) in [6.45, 7) is 3.40. The number of amides is 1. The van der Waals surface area contributed by atoms with E-state index < -0.39 is 0 Å². The number of rotatable bonds is 4. The molecule has 1 amide bonds. The predicted octanol–water partition coefficient (Wildman–Crippen LogP) is 1.02. The van der Waals surface area contributed by atoms with Crippen LogP contribution in [0.15, 0.2) is 12.3 Å². The molecule has 1 aromatic rings. The van der Waals surface area contributed by atoms with E-state index in [0.717, 1.165) is 18.9 Å². The highest BCUT2D eigenvalue weighted by atomic mass is 16.2. The fourth-order valence-electron chi connectivity index (χ4n) is 2.80. The third-order valence-corrected chi connectivity index (χ3v) is 4.00. The summed E-state index contributed by atoms with van der Waals surface area (Å²) in [5.41, 5.74) is 0.516. The van der Waals surface area contributed by atoms with E-state index in [1.807, 2.05) is 7.05 Å². The Kier molecular flexibility index (Phi) is 3.55. The molecule has 3 rings (SSSR count). The normalized spacial score (nSPS) is 24.4. The minimum Gasteiger partial charge on any atom is -0.347 e. The highest BCUT2D eigenvalue weighted by molar-refractivity contribution is 5.92. The van der Waals surface area contributed by atoms with Crippen molar-refractivity contribution in [2.24, 2.45) is 13.0 Å². The Morgan fingerprint density at radius 3 is 3.00 bits per heavy atom. The van der Waals surface area contributed by atoms with E-state index in [9.17, 15) is 4.79 Å². The molecule has 1 unspecified atom stereocenters. The molecule has 0 bridgehead atoms. The van der Waals surface area contributed by atoms with Crippen LogP contribution in [0, 0.1) is 5.92 Å². The molecule has 104 valence electrons. The van der Waals surface area contributed by atoms with Crippen molar-refractivity contribution in [3.05, 3.63) is 18.0 Å². The molecule has 5 nitrogen and oxygen atoms in total. The number of carbonyl (C=O) groups is 1. The van der Waals surface area contributed by atoms with Crippen molar-refractivity contribution in [2.45, 2.75) is 31.7 Å². The van der Waals surface area contributed by atoms with Gasteiger partial charge in [0.05, 0.1) is 0 Å². The van der Waals surface area contributed by atoms with E-state index in [2.05, 4.69) is 15.3 Å². The average Bonchev–Trinajstić information content (AvgIpc) is 3.08. The molecule has 1 saturated heterocycles. The van der Waals surface area contributed by atoms with Crippen LogP contribution in [0.1, 0.15) is 36.2 Å². The van der Waals surface area contributed by atoms with Crippen LogP contribution in [0.5, 0.6) is 0 Å². The van der Waals surface area contributed by atoms with Crippen molar-refractivity contribution in [1.29, 1.82) is 0 Å². The SMILES string of the molecule is Cn1ccc(C(=O)NC2CCCN(CC3CC3)C2)n1. The maximum absolute atomic E-state index is 12.1. The number of likely N-dealkylation sites (tertiary alicyclic amines) is 1. The van der Waals surface area contributed by atoms with Gasteiger partial charge in [-0.25, -0.2) is 0 Å². The zero-order valence-electron chi connectivity index (χ0n) is 11.5. The minimum atomic E-state index is -0.0427. The second-order valence-electron chi connectivity index (χ2n) is 5.89. The van der Waals surface area contributed by atoms with Crippen LogP contribution in [-0.2, 0) is 7.05 Å². The first-order chi connectivity index (χ1) is 9.20. The summed E-state index contributed by atoms with van der Waals surface area (Å²) in [4.78, 5) is 14.6. The predicted molar refractivity (Wildman–Crippen MR) is 72.9 cm³/mol. The van der Waals surface area contributed by atoms with Crippen LogP contribution in [0.4, 0.5) is 0 Å². The van der Waals surface area contributed by atoms with E-state index in [0.29, 0.717) is 5.69 Å². The van der Waals surface area contributed by atoms with Gasteiger partial charge >= 0.3 is 0 Å². The van der Waals surface area contributed by atoms with Gasteiger partial charge in [0.15, 0.2) is 0 Å². The summed E-state index contributed by atoms with van der Waals surface area (Å²) >= 11 is 0. The molecule has 2 fully saturated rings. The van der Waals surface area contributed by atoms with Gasteiger partial charge in [-0.05, 0) is 44.2 Å². The van der Waals surface area contributed by atoms with Crippen LogP contribution in [0.3, 0.4) is 0 Å². The van der Waals surface area contributed by atoms with Crippen molar-refractivity contribution in [3.63, 3.8) is 0 Å². The van der Waals surface area contributed by atoms with Gasteiger partial charge in [-0.15, -0.1) is 0 Å². The first kappa shape index (κ1) is 12.7. The lowest BCUT2D eigenvalue weighted by Gasteiger charge is -2.33. The lowest BCUT2D eigenvalue weighted by atomic mass is 10.1. The molecule has 1 aromatic heterocycles. The van der Waals surface area contributed by atoms with Crippen molar-refractivity contribution < 1.29 is 4.79 Å². The topological polar surface area (TPSA) is 50.2 Å². The van der Waals surface area contributed by atoms with E-state index in [1.165, 1.54) is 32.4 Å². The van der Waals surface area contributed by atoms with E-state index in [-0.39, 0.29) is 11.9 Å². The Labute approximate surface area is 114 Å². The first-order valence-electron chi connectivity index (χ1n) is 7.23. The van der Waals surface area contributed by atoms with Crippen molar-refractivity contribution in [3.8, 4) is 0 Å². The third-order valence-electron chi connectivity index (χ3n) is 4.00. The smallest absolute Gasteiger partial charge is 0.272 e. The standard InChI is InChI=1S/C14H22N4O/c1-17-8-6-13(16-17)14(19)15-12-3-2-7-18(10-12)9-11-4-5-11/h6,8,11-12H,2-5,7,9-10H2,1H3,(H,15,19). The molecule has 0 radical (unpaired) electrons. The van der Waals surface area contributed by atoms with Crippen LogP contribution >= 0.6 is 0 Å². The van der Waals surface area contributed by atoms with Gasteiger partial charge in [0.25, 0.3) is 5.91 Å². The van der Waals surface area contributed by atoms with Crippen molar-refractivity contribution in [2.75, 3.05) is 19.6 Å². The van der Waals surface area contributed by atoms with Gasteiger partial charge in [0.1, 0.15) is 5.69 Å². The monoisotopic (exact) mass is 262 g/mol. The molecule has 1 N–H and O–H groups in total. The summed E-state index contributed by atoms with van der Waals surface area (Å²) in [5.74, 6) is 0.879. The molecule has 1 atom stereocenters. The van der Waals surface area contributed by atoms with Crippen LogP contribution in [-0.4, -0.2) is 46.3 Å². The molecule has 0 spiro atoms. The molecule has 5 heteroatoms. The van der Waals surface area contributed by atoms with Crippen LogP contribution in [0.25, 0.3) is 0 Å². The summed E-state index contributed by atoms with van der Waals surface area (Å²) in [5, 5.41) is 7.26. The molecular formula is C14H22N4O. The molecule has 19 heavy (non-hydrogen) atoms. The number of aromatic nitrogens is 2. The average molecular weight is 262 g/mol. The second kappa shape index (κ2) is 5.33. The van der Waals surface area contributed by atoms with Crippen LogP contribution < -0.4 is 5.32 Å². The summed E-state index contributed by atoms with van der Waals surface area (Å²) in [7, 11) is 1.83. The first-order valence-corrected chi connectivity index (χ1v) is 7.23. The zero-order valence-corrected chi connectivity index (χ0v) is 11.5. The highest BCUT2D eigenvalue weighted by Crippen LogP contribution is 2.30. The number of piperidine rings is 1. The highest BCUT2D eigenvalue weighted by Gasteiger charge is 2.28. The maximum atomic E-state index is 12.1. The number of aryl methyl sites for hydroxylation is 1. The van der Waals surface area contributed by atoms with E-state index >= 15 is 0 Å². The van der Waals surface area contributed by atoms with Gasteiger partial charge in [-0.1, -0.05) is 0 Å². The van der Waals surface area contributed by atoms with E-state index in [4.69, 9.17) is 0 Å². The van der Waals surface area contributed by atoms with Crippen molar-refractivity contribution in [1.82, 2.24) is 20.0 Å². The molecule has 2 heterocycles. The third kappa shape index (κ3) is 3.35. The fraction of sp³-hybridized carbons (Fsp3) is 0.714. The second-order valence-corrected chi connectivity index (χ2v) is 5.89. The molecule has 1 aliphatic carbocycles. The Bertz CT molecular complexity index is 452. The largest absolute Gasteiger partial charge is 0.347 e. The maximum Gasteiger partial charge on any atom is 0.272 e. The number of carbonyl (C=O) groups excluding carboxylic acids is 1. The molecule has 1 aliphatic heterocycles. The fourth-order valence-corrected chi connectivity index (χ4v) is 2.80. The van der Waals surface area contributed by atoms with Gasteiger partial charge in [-0.2, -0.15) is 5.10 Å². The quantitative estimate of drug-likeness (QED) is 0.881. The molecule has 2 aliphatic rings. The van der Waals surface area contributed by atoms with Gasteiger partial charge in [-0.3, -0.25) is 9.48 Å². The Morgan fingerprint density at radius 1 is 1.47 bits per heavy atom. The van der Waals surface area contributed by atoms with Crippen molar-refractivity contribution >= 4 is 5.91 Å². The Hall–Kier alpha value is -1.36. The summed E-state index contributed by atoms with van der Waals surface area (Å²) < 4.78 is 1.66. The molecule has 1 saturated carbocycles. The Morgan fingerprint density at radius 2 is 2.32 bits per heavy atom. The van der Waals surface area contributed by atoms with Gasteiger partial charge < -0.3 is 10.2 Å². The minimum absolute atomic E-state index is 0.0427.